The average molecular weight is 392 g/mol. The Labute approximate surface area is 172 Å². The summed E-state index contributed by atoms with van der Waals surface area (Å²) in [5.74, 6) is -0.276. The third-order valence-electron chi connectivity index (χ3n) is 6.22. The van der Waals surface area contributed by atoms with Gasteiger partial charge in [0.25, 0.3) is 0 Å². The summed E-state index contributed by atoms with van der Waals surface area (Å²) in [6, 6.07) is 14.8. The van der Waals surface area contributed by atoms with Gasteiger partial charge in [-0.2, -0.15) is 0 Å². The van der Waals surface area contributed by atoms with E-state index in [-0.39, 0.29) is 23.8 Å². The summed E-state index contributed by atoms with van der Waals surface area (Å²) >= 11 is 0. The second kappa shape index (κ2) is 7.99. The highest BCUT2D eigenvalue weighted by molar-refractivity contribution is 5.92. The first kappa shape index (κ1) is 19.6. The van der Waals surface area contributed by atoms with Crippen LogP contribution in [0, 0.1) is 5.92 Å². The van der Waals surface area contributed by atoms with Gasteiger partial charge in [-0.15, -0.1) is 0 Å². The molecule has 1 aliphatic heterocycles. The van der Waals surface area contributed by atoms with Crippen molar-refractivity contribution < 1.29 is 9.59 Å². The van der Waals surface area contributed by atoms with E-state index in [1.165, 1.54) is 11.1 Å². The summed E-state index contributed by atoms with van der Waals surface area (Å²) in [6.45, 7) is 4.29. The largest absolute Gasteiger partial charge is 0.347 e. The molecule has 2 amide bonds. The van der Waals surface area contributed by atoms with Crippen LogP contribution in [-0.2, 0) is 22.6 Å². The van der Waals surface area contributed by atoms with E-state index >= 15 is 0 Å². The van der Waals surface area contributed by atoms with Gasteiger partial charge in [-0.25, -0.2) is 0 Å². The van der Waals surface area contributed by atoms with Crippen molar-refractivity contribution in [2.24, 2.45) is 11.7 Å². The summed E-state index contributed by atoms with van der Waals surface area (Å²) in [6.07, 6.45) is 3.00. The maximum absolute atomic E-state index is 13.4. The van der Waals surface area contributed by atoms with Crippen LogP contribution in [0.2, 0.25) is 0 Å². The monoisotopic (exact) mass is 391 g/mol. The number of hydrogen-bond donors (Lipinski definition) is 2. The van der Waals surface area contributed by atoms with Gasteiger partial charge in [0.05, 0.1) is 12.1 Å². The van der Waals surface area contributed by atoms with E-state index in [2.05, 4.69) is 17.4 Å². The van der Waals surface area contributed by atoms with Crippen molar-refractivity contribution in [2.75, 3.05) is 0 Å². The van der Waals surface area contributed by atoms with Gasteiger partial charge < -0.3 is 16.0 Å². The molecule has 2 aromatic carbocycles. The van der Waals surface area contributed by atoms with E-state index in [9.17, 15) is 9.59 Å². The zero-order valence-corrected chi connectivity index (χ0v) is 17.1. The van der Waals surface area contributed by atoms with Gasteiger partial charge >= 0.3 is 0 Å². The lowest BCUT2D eigenvalue weighted by Gasteiger charge is -2.31. The zero-order chi connectivity index (χ0) is 20.5. The molecule has 0 spiro atoms. The van der Waals surface area contributed by atoms with Crippen molar-refractivity contribution in [1.82, 2.24) is 10.2 Å². The molecule has 4 rings (SSSR count). The number of rotatable bonds is 4. The van der Waals surface area contributed by atoms with Crippen LogP contribution in [-0.4, -0.2) is 22.8 Å². The molecule has 0 saturated heterocycles. The highest BCUT2D eigenvalue weighted by Crippen LogP contribution is 2.36. The van der Waals surface area contributed by atoms with E-state index in [1.54, 1.807) is 4.90 Å². The maximum atomic E-state index is 13.4. The fourth-order valence-electron chi connectivity index (χ4n) is 4.51. The van der Waals surface area contributed by atoms with Crippen LogP contribution < -0.4 is 11.1 Å². The van der Waals surface area contributed by atoms with Gasteiger partial charge in [0, 0.05) is 6.54 Å². The highest BCUT2D eigenvalue weighted by Gasteiger charge is 2.41. The van der Waals surface area contributed by atoms with Gasteiger partial charge in [0.2, 0.25) is 11.8 Å². The summed E-state index contributed by atoms with van der Waals surface area (Å²) in [4.78, 5) is 28.2. The third kappa shape index (κ3) is 3.67. The van der Waals surface area contributed by atoms with Crippen LogP contribution >= 0.6 is 0 Å². The lowest BCUT2D eigenvalue weighted by molar-refractivity contribution is -0.142. The standard InChI is InChI=1S/C24H29N3O2/c1-15(2)21(25)24(29)27-14-17-9-4-6-12-19(17)22(27)23(28)26-20-13-7-10-16-8-3-5-11-18(16)20/h3-6,8-9,11-12,15,20-22H,7,10,13-14,25H2,1-2H3,(H,26,28)/t20-,21+,22?/m1/s1. The number of hydrogen-bond acceptors (Lipinski definition) is 3. The Balaban J connectivity index is 1.62. The summed E-state index contributed by atoms with van der Waals surface area (Å²) in [5.41, 5.74) is 10.6. The molecule has 0 bridgehead atoms. The van der Waals surface area contributed by atoms with E-state index < -0.39 is 12.1 Å². The maximum Gasteiger partial charge on any atom is 0.247 e. The van der Waals surface area contributed by atoms with Crippen molar-refractivity contribution in [3.63, 3.8) is 0 Å². The SMILES string of the molecule is CC(C)[C@H](N)C(=O)N1Cc2ccccc2C1C(=O)N[C@@H]1CCCc2ccccc21. The summed E-state index contributed by atoms with van der Waals surface area (Å²) < 4.78 is 0. The number of carbonyl (C=O) groups is 2. The Bertz CT molecular complexity index is 924. The summed E-state index contributed by atoms with van der Waals surface area (Å²) in [5, 5.41) is 3.24. The number of amides is 2. The topological polar surface area (TPSA) is 75.4 Å². The van der Waals surface area contributed by atoms with E-state index in [4.69, 9.17) is 5.73 Å². The smallest absolute Gasteiger partial charge is 0.247 e. The molecule has 29 heavy (non-hydrogen) atoms. The Morgan fingerprint density at radius 1 is 1.03 bits per heavy atom. The van der Waals surface area contributed by atoms with Gasteiger partial charge in [0.15, 0.2) is 0 Å². The zero-order valence-electron chi connectivity index (χ0n) is 17.1. The second-order valence-corrected chi connectivity index (χ2v) is 8.49. The normalized spacial score (nSPS) is 21.4. The van der Waals surface area contributed by atoms with Crippen LogP contribution in [0.1, 0.15) is 61.0 Å². The molecule has 0 fully saturated rings. The van der Waals surface area contributed by atoms with Crippen molar-refractivity contribution in [1.29, 1.82) is 0 Å². The number of nitrogens with zero attached hydrogens (tertiary/aromatic N) is 1. The van der Waals surface area contributed by atoms with Crippen LogP contribution in [0.5, 0.6) is 0 Å². The highest BCUT2D eigenvalue weighted by atomic mass is 16.2. The van der Waals surface area contributed by atoms with E-state index in [0.29, 0.717) is 6.54 Å². The lowest BCUT2D eigenvalue weighted by Crippen LogP contribution is -2.49. The minimum Gasteiger partial charge on any atom is -0.347 e. The Morgan fingerprint density at radius 2 is 1.69 bits per heavy atom. The van der Waals surface area contributed by atoms with Gasteiger partial charge in [-0.05, 0) is 47.4 Å². The predicted molar refractivity (Wildman–Crippen MR) is 113 cm³/mol. The number of benzene rings is 2. The fraction of sp³-hybridized carbons (Fsp3) is 0.417. The van der Waals surface area contributed by atoms with Gasteiger partial charge in [0.1, 0.15) is 6.04 Å². The predicted octanol–water partition coefficient (Wildman–Crippen LogP) is 3.25. The van der Waals surface area contributed by atoms with Gasteiger partial charge in [-0.3, -0.25) is 9.59 Å². The Morgan fingerprint density at radius 3 is 2.41 bits per heavy atom. The van der Waals surface area contributed by atoms with Crippen LogP contribution in [0.4, 0.5) is 0 Å². The Hall–Kier alpha value is -2.66. The fourth-order valence-corrected chi connectivity index (χ4v) is 4.51. The molecule has 0 saturated carbocycles. The average Bonchev–Trinajstić information content (AvgIpc) is 3.12. The van der Waals surface area contributed by atoms with Crippen molar-refractivity contribution in [2.45, 2.75) is 57.8 Å². The molecule has 0 radical (unpaired) electrons. The lowest BCUT2D eigenvalue weighted by atomic mass is 9.87. The molecule has 1 heterocycles. The first-order valence-corrected chi connectivity index (χ1v) is 10.5. The molecular weight excluding hydrogens is 362 g/mol. The molecular formula is C24H29N3O2. The molecule has 1 unspecified atom stereocenters. The summed E-state index contributed by atoms with van der Waals surface area (Å²) in [7, 11) is 0. The minimum atomic E-state index is -0.627. The molecule has 5 nitrogen and oxygen atoms in total. The number of nitrogens with two attached hydrogens (primary N) is 1. The van der Waals surface area contributed by atoms with Crippen molar-refractivity contribution in [3.05, 3.63) is 70.8 Å². The molecule has 152 valence electrons. The molecule has 1 aliphatic carbocycles. The quantitative estimate of drug-likeness (QED) is 0.840. The first-order chi connectivity index (χ1) is 14.0. The molecule has 0 aromatic heterocycles. The number of carbonyl (C=O) groups excluding carboxylic acids is 2. The first-order valence-electron chi connectivity index (χ1n) is 10.5. The van der Waals surface area contributed by atoms with Crippen LogP contribution in [0.3, 0.4) is 0 Å². The molecule has 3 N–H and O–H groups in total. The van der Waals surface area contributed by atoms with Crippen molar-refractivity contribution in [3.8, 4) is 0 Å². The van der Waals surface area contributed by atoms with E-state index in [1.807, 2.05) is 50.2 Å². The second-order valence-electron chi connectivity index (χ2n) is 8.49. The number of nitrogens with one attached hydrogen (secondary N) is 1. The molecule has 5 heteroatoms. The minimum absolute atomic E-state index is 0.0140. The Kier molecular flexibility index (Phi) is 5.41. The molecule has 2 aliphatic rings. The molecule has 3 atom stereocenters. The number of fused-ring (bicyclic) bond motifs is 2. The molecule has 2 aromatic rings. The van der Waals surface area contributed by atoms with Crippen LogP contribution in [0.25, 0.3) is 0 Å². The number of aryl methyl sites for hydroxylation is 1. The van der Waals surface area contributed by atoms with Gasteiger partial charge in [-0.1, -0.05) is 62.4 Å². The third-order valence-corrected chi connectivity index (χ3v) is 6.22. The van der Waals surface area contributed by atoms with E-state index in [0.717, 1.165) is 30.4 Å². The van der Waals surface area contributed by atoms with Crippen LogP contribution in [0.15, 0.2) is 48.5 Å². The van der Waals surface area contributed by atoms with Crippen molar-refractivity contribution >= 4 is 11.8 Å².